The summed E-state index contributed by atoms with van der Waals surface area (Å²) >= 11 is 0. The summed E-state index contributed by atoms with van der Waals surface area (Å²) < 4.78 is 0. The summed E-state index contributed by atoms with van der Waals surface area (Å²) in [4.78, 5) is 4.18. The first-order valence-electron chi connectivity index (χ1n) is 5.50. The maximum absolute atomic E-state index is 4.18. The molecule has 0 amide bonds. The van der Waals surface area contributed by atoms with Crippen molar-refractivity contribution in [3.63, 3.8) is 0 Å². The van der Waals surface area contributed by atoms with Gasteiger partial charge in [0.1, 0.15) is 0 Å². The SMILES string of the molecule is c1cc(NCC2CC2)c2cnccc2c1. The molecule has 0 spiro atoms. The van der Waals surface area contributed by atoms with Crippen molar-refractivity contribution in [2.75, 3.05) is 11.9 Å². The third-order valence-electron chi connectivity index (χ3n) is 2.96. The Balaban J connectivity index is 1.93. The molecule has 2 aromatic rings. The Bertz CT molecular complexity index is 469. The van der Waals surface area contributed by atoms with Gasteiger partial charge in [-0.3, -0.25) is 4.98 Å². The van der Waals surface area contributed by atoms with E-state index in [-0.39, 0.29) is 0 Å². The van der Waals surface area contributed by atoms with Gasteiger partial charge in [-0.2, -0.15) is 0 Å². The van der Waals surface area contributed by atoms with Crippen molar-refractivity contribution < 1.29 is 0 Å². The predicted molar refractivity (Wildman–Crippen MR) is 63.0 cm³/mol. The highest BCUT2D eigenvalue weighted by Crippen LogP contribution is 2.30. The third-order valence-corrected chi connectivity index (χ3v) is 2.96. The van der Waals surface area contributed by atoms with E-state index in [2.05, 4.69) is 34.6 Å². The van der Waals surface area contributed by atoms with Gasteiger partial charge in [0.05, 0.1) is 0 Å². The van der Waals surface area contributed by atoms with Gasteiger partial charge in [0.15, 0.2) is 0 Å². The van der Waals surface area contributed by atoms with Gasteiger partial charge >= 0.3 is 0 Å². The Labute approximate surface area is 89.3 Å². The summed E-state index contributed by atoms with van der Waals surface area (Å²) in [6, 6.07) is 8.40. The zero-order valence-corrected chi connectivity index (χ0v) is 8.61. The van der Waals surface area contributed by atoms with Crippen LogP contribution in [0.1, 0.15) is 12.8 Å². The second kappa shape index (κ2) is 3.54. The molecule has 2 heteroatoms. The van der Waals surface area contributed by atoms with Crippen molar-refractivity contribution >= 4 is 16.5 Å². The Morgan fingerprint density at radius 2 is 2.20 bits per heavy atom. The summed E-state index contributed by atoms with van der Waals surface area (Å²) in [7, 11) is 0. The van der Waals surface area contributed by atoms with Crippen LogP contribution in [0.5, 0.6) is 0 Å². The number of benzene rings is 1. The molecular formula is C13H14N2. The van der Waals surface area contributed by atoms with Gasteiger partial charge in [-0.15, -0.1) is 0 Å². The van der Waals surface area contributed by atoms with Crippen LogP contribution in [0.15, 0.2) is 36.7 Å². The van der Waals surface area contributed by atoms with Gasteiger partial charge in [0, 0.05) is 30.0 Å². The van der Waals surface area contributed by atoms with Crippen LogP contribution in [0, 0.1) is 5.92 Å². The van der Waals surface area contributed by atoms with Crippen LogP contribution in [0.3, 0.4) is 0 Å². The summed E-state index contributed by atoms with van der Waals surface area (Å²) in [5.41, 5.74) is 1.22. The van der Waals surface area contributed by atoms with Gasteiger partial charge in [-0.1, -0.05) is 12.1 Å². The molecule has 2 nitrogen and oxygen atoms in total. The average molecular weight is 198 g/mol. The minimum atomic E-state index is 0.900. The maximum Gasteiger partial charge on any atom is 0.0435 e. The molecule has 1 fully saturated rings. The van der Waals surface area contributed by atoms with E-state index in [9.17, 15) is 0 Å². The van der Waals surface area contributed by atoms with Crippen LogP contribution in [0.2, 0.25) is 0 Å². The molecule has 1 N–H and O–H groups in total. The zero-order chi connectivity index (χ0) is 10.1. The van der Waals surface area contributed by atoms with Crippen LogP contribution in [0.4, 0.5) is 5.69 Å². The first-order chi connectivity index (χ1) is 7.43. The molecule has 0 radical (unpaired) electrons. The number of hydrogen-bond acceptors (Lipinski definition) is 2. The second-order valence-electron chi connectivity index (χ2n) is 4.23. The molecule has 0 bridgehead atoms. The van der Waals surface area contributed by atoms with Gasteiger partial charge in [-0.25, -0.2) is 0 Å². The van der Waals surface area contributed by atoms with Crippen molar-refractivity contribution in [2.24, 2.45) is 5.92 Å². The zero-order valence-electron chi connectivity index (χ0n) is 8.61. The minimum Gasteiger partial charge on any atom is -0.384 e. The van der Waals surface area contributed by atoms with Crippen LogP contribution in [0.25, 0.3) is 10.8 Å². The molecule has 0 saturated heterocycles. The number of aromatic nitrogens is 1. The van der Waals surface area contributed by atoms with E-state index in [1.54, 1.807) is 0 Å². The van der Waals surface area contributed by atoms with E-state index in [4.69, 9.17) is 0 Å². The summed E-state index contributed by atoms with van der Waals surface area (Å²) in [5.74, 6) is 0.900. The molecule has 15 heavy (non-hydrogen) atoms. The molecule has 76 valence electrons. The van der Waals surface area contributed by atoms with E-state index < -0.39 is 0 Å². The summed E-state index contributed by atoms with van der Waals surface area (Å²) in [6.07, 6.45) is 6.55. The van der Waals surface area contributed by atoms with Crippen LogP contribution >= 0.6 is 0 Å². The largest absolute Gasteiger partial charge is 0.384 e. The predicted octanol–water partition coefficient (Wildman–Crippen LogP) is 3.06. The molecule has 1 aliphatic carbocycles. The lowest BCUT2D eigenvalue weighted by Crippen LogP contribution is -2.03. The van der Waals surface area contributed by atoms with Crippen LogP contribution < -0.4 is 5.32 Å². The third kappa shape index (κ3) is 1.80. The van der Waals surface area contributed by atoms with E-state index in [1.165, 1.54) is 29.3 Å². The molecule has 1 aromatic carbocycles. The highest BCUT2D eigenvalue weighted by molar-refractivity contribution is 5.93. The molecular weight excluding hydrogens is 184 g/mol. The number of fused-ring (bicyclic) bond motifs is 1. The molecule has 0 atom stereocenters. The summed E-state index contributed by atoms with van der Waals surface area (Å²) in [6.45, 7) is 1.11. The first-order valence-corrected chi connectivity index (χ1v) is 5.50. The molecule has 3 rings (SSSR count). The number of hydrogen-bond donors (Lipinski definition) is 1. The Morgan fingerprint density at radius 1 is 1.27 bits per heavy atom. The highest BCUT2D eigenvalue weighted by atomic mass is 14.9. The average Bonchev–Trinajstić information content (AvgIpc) is 3.10. The lowest BCUT2D eigenvalue weighted by atomic mass is 10.1. The monoisotopic (exact) mass is 198 g/mol. The van der Waals surface area contributed by atoms with Crippen molar-refractivity contribution in [3.8, 4) is 0 Å². The van der Waals surface area contributed by atoms with Crippen LogP contribution in [-0.2, 0) is 0 Å². The standard InChI is InChI=1S/C13H14N2/c1-2-11-6-7-14-9-12(11)13(3-1)15-8-10-4-5-10/h1-3,6-7,9-10,15H,4-5,8H2. The van der Waals surface area contributed by atoms with E-state index in [0.29, 0.717) is 0 Å². The molecule has 1 heterocycles. The van der Waals surface area contributed by atoms with Crippen molar-refractivity contribution in [3.05, 3.63) is 36.7 Å². The number of nitrogens with one attached hydrogen (secondary N) is 1. The van der Waals surface area contributed by atoms with Crippen molar-refractivity contribution in [1.29, 1.82) is 0 Å². The van der Waals surface area contributed by atoms with Gasteiger partial charge in [-0.05, 0) is 36.3 Å². The highest BCUT2D eigenvalue weighted by Gasteiger charge is 2.20. The Hall–Kier alpha value is -1.57. The Morgan fingerprint density at radius 3 is 3.07 bits per heavy atom. The smallest absolute Gasteiger partial charge is 0.0435 e. The Kier molecular flexibility index (Phi) is 2.05. The number of anilines is 1. The minimum absolute atomic E-state index is 0.900. The maximum atomic E-state index is 4.18. The van der Waals surface area contributed by atoms with Crippen molar-refractivity contribution in [1.82, 2.24) is 4.98 Å². The van der Waals surface area contributed by atoms with E-state index >= 15 is 0 Å². The van der Waals surface area contributed by atoms with Gasteiger partial charge < -0.3 is 5.32 Å². The topological polar surface area (TPSA) is 24.9 Å². The number of rotatable bonds is 3. The van der Waals surface area contributed by atoms with E-state index in [1.807, 2.05) is 12.4 Å². The molecule has 0 unspecified atom stereocenters. The van der Waals surface area contributed by atoms with Crippen molar-refractivity contribution in [2.45, 2.75) is 12.8 Å². The lowest BCUT2D eigenvalue weighted by Gasteiger charge is -2.08. The molecule has 1 aliphatic rings. The quantitative estimate of drug-likeness (QED) is 0.819. The molecule has 0 aliphatic heterocycles. The number of pyridine rings is 1. The van der Waals surface area contributed by atoms with E-state index in [0.717, 1.165) is 12.5 Å². The molecule has 1 aromatic heterocycles. The fourth-order valence-corrected chi connectivity index (χ4v) is 1.84. The second-order valence-corrected chi connectivity index (χ2v) is 4.23. The lowest BCUT2D eigenvalue weighted by molar-refractivity contribution is 0.890. The first kappa shape index (κ1) is 8.72. The summed E-state index contributed by atoms with van der Waals surface area (Å²) in [5, 5.41) is 5.99. The molecule has 1 saturated carbocycles. The fraction of sp³-hybridized carbons (Fsp3) is 0.308. The van der Waals surface area contributed by atoms with Gasteiger partial charge in [0.25, 0.3) is 0 Å². The van der Waals surface area contributed by atoms with Gasteiger partial charge in [0.2, 0.25) is 0 Å². The fourth-order valence-electron chi connectivity index (χ4n) is 1.84. The van der Waals surface area contributed by atoms with Crippen LogP contribution in [-0.4, -0.2) is 11.5 Å². The normalized spacial score (nSPS) is 15.5. The number of nitrogens with zero attached hydrogens (tertiary/aromatic N) is 1.